The van der Waals surface area contributed by atoms with Crippen molar-refractivity contribution in [2.45, 2.75) is 45.4 Å². The zero-order valence-electron chi connectivity index (χ0n) is 8.03. The molecule has 0 amide bonds. The lowest BCUT2D eigenvalue weighted by Crippen LogP contribution is -2.37. The molecule has 1 aliphatic heterocycles. The molecule has 2 aliphatic rings. The number of hydrogen-bond donors (Lipinski definition) is 1. The van der Waals surface area contributed by atoms with E-state index in [-0.39, 0.29) is 0 Å². The van der Waals surface area contributed by atoms with Gasteiger partial charge in [-0.3, -0.25) is 0 Å². The lowest BCUT2D eigenvalue weighted by Gasteiger charge is -2.40. The Bertz CT molecular complexity index is 187. The fourth-order valence-corrected chi connectivity index (χ4v) is 2.80. The molecule has 1 aliphatic carbocycles. The smallest absolute Gasteiger partial charge is 0.0201 e. The zero-order chi connectivity index (χ0) is 8.44. The Morgan fingerprint density at radius 1 is 1.25 bits per heavy atom. The Kier molecular flexibility index (Phi) is 2.12. The molecule has 1 fully saturated rings. The molecule has 1 saturated carbocycles. The zero-order valence-corrected chi connectivity index (χ0v) is 8.03. The molecule has 0 radical (unpaired) electrons. The molecule has 0 aromatic carbocycles. The fraction of sp³-hybridized carbons (Fsp3) is 0.818. The molecule has 2 rings (SSSR count). The quantitative estimate of drug-likeness (QED) is 0.582. The average Bonchev–Trinajstić information content (AvgIpc) is 2.05. The van der Waals surface area contributed by atoms with Gasteiger partial charge in [0.25, 0.3) is 0 Å². The molecule has 1 nitrogen and oxygen atoms in total. The van der Waals surface area contributed by atoms with Crippen molar-refractivity contribution in [3.63, 3.8) is 0 Å². The minimum Gasteiger partial charge on any atom is -0.390 e. The van der Waals surface area contributed by atoms with Crippen molar-refractivity contribution >= 4 is 0 Å². The monoisotopic (exact) mass is 165 g/mol. The van der Waals surface area contributed by atoms with Crippen molar-refractivity contribution in [3.05, 3.63) is 11.8 Å². The van der Waals surface area contributed by atoms with Crippen LogP contribution in [0.2, 0.25) is 0 Å². The lowest BCUT2D eigenvalue weighted by molar-refractivity contribution is 0.178. The van der Waals surface area contributed by atoms with E-state index in [1.54, 1.807) is 5.57 Å². The van der Waals surface area contributed by atoms with E-state index in [0.29, 0.717) is 5.41 Å². The summed E-state index contributed by atoms with van der Waals surface area (Å²) in [6, 6.07) is 0. The van der Waals surface area contributed by atoms with Gasteiger partial charge in [-0.2, -0.15) is 0 Å². The molecule has 68 valence electrons. The van der Waals surface area contributed by atoms with Crippen molar-refractivity contribution in [2.75, 3.05) is 6.54 Å². The Morgan fingerprint density at radius 2 is 2.00 bits per heavy atom. The molecular formula is C11H19N. The Hall–Kier alpha value is -0.460. The van der Waals surface area contributed by atoms with E-state index < -0.39 is 0 Å². The van der Waals surface area contributed by atoms with Crippen LogP contribution in [-0.4, -0.2) is 6.54 Å². The highest BCUT2D eigenvalue weighted by atomic mass is 14.9. The normalized spacial score (nSPS) is 27.9. The maximum atomic E-state index is 3.43. The second-order valence-corrected chi connectivity index (χ2v) is 4.61. The summed E-state index contributed by atoms with van der Waals surface area (Å²) >= 11 is 0. The first-order valence-electron chi connectivity index (χ1n) is 5.20. The molecule has 1 heteroatoms. The van der Waals surface area contributed by atoms with Gasteiger partial charge in [0.1, 0.15) is 0 Å². The highest BCUT2D eigenvalue weighted by Gasteiger charge is 2.33. The fourth-order valence-electron chi connectivity index (χ4n) is 2.80. The average molecular weight is 165 g/mol. The van der Waals surface area contributed by atoms with Crippen molar-refractivity contribution < 1.29 is 0 Å². The van der Waals surface area contributed by atoms with E-state index in [1.165, 1.54) is 45.1 Å². The summed E-state index contributed by atoms with van der Waals surface area (Å²) in [7, 11) is 0. The predicted octanol–water partition coefficient (Wildman–Crippen LogP) is 2.83. The number of hydrogen-bond acceptors (Lipinski definition) is 1. The maximum absolute atomic E-state index is 3.43. The molecule has 1 N–H and O–H groups in total. The van der Waals surface area contributed by atoms with Gasteiger partial charge in [-0.05, 0) is 37.8 Å². The molecular weight excluding hydrogens is 146 g/mol. The largest absolute Gasteiger partial charge is 0.390 e. The third kappa shape index (κ3) is 1.50. The maximum Gasteiger partial charge on any atom is 0.0201 e. The summed E-state index contributed by atoms with van der Waals surface area (Å²) in [6.45, 7) is 3.48. The Morgan fingerprint density at radius 3 is 2.67 bits per heavy atom. The van der Waals surface area contributed by atoms with E-state index in [9.17, 15) is 0 Å². The summed E-state index contributed by atoms with van der Waals surface area (Å²) in [5, 5.41) is 3.43. The summed E-state index contributed by atoms with van der Waals surface area (Å²) < 4.78 is 0. The number of rotatable bonds is 0. The minimum absolute atomic E-state index is 0.650. The molecule has 12 heavy (non-hydrogen) atoms. The van der Waals surface area contributed by atoms with Gasteiger partial charge < -0.3 is 5.32 Å². The summed E-state index contributed by atoms with van der Waals surface area (Å²) in [6.07, 6.45) is 10.8. The van der Waals surface area contributed by atoms with Crippen LogP contribution in [-0.2, 0) is 0 Å². The van der Waals surface area contributed by atoms with E-state index >= 15 is 0 Å². The summed E-state index contributed by atoms with van der Waals surface area (Å²) in [5.41, 5.74) is 2.19. The first-order chi connectivity index (χ1) is 5.81. The first-order valence-corrected chi connectivity index (χ1v) is 5.20. The third-order valence-corrected chi connectivity index (χ3v) is 3.39. The van der Waals surface area contributed by atoms with Gasteiger partial charge >= 0.3 is 0 Å². The van der Waals surface area contributed by atoms with Gasteiger partial charge in [0, 0.05) is 6.54 Å². The van der Waals surface area contributed by atoms with E-state index in [1.807, 2.05) is 0 Å². The highest BCUT2D eigenvalue weighted by Crippen LogP contribution is 2.41. The lowest BCUT2D eigenvalue weighted by atomic mass is 9.69. The standard InChI is InChI=1S/C11H19N/c1-10-7-11(9-12-8-10)5-3-2-4-6-11/h8,12H,2-7,9H2,1H3. The van der Waals surface area contributed by atoms with Crippen molar-refractivity contribution in [3.8, 4) is 0 Å². The summed E-state index contributed by atoms with van der Waals surface area (Å²) in [4.78, 5) is 0. The van der Waals surface area contributed by atoms with Crippen LogP contribution in [0.25, 0.3) is 0 Å². The van der Waals surface area contributed by atoms with Gasteiger partial charge in [0.05, 0.1) is 0 Å². The third-order valence-electron chi connectivity index (χ3n) is 3.39. The van der Waals surface area contributed by atoms with Gasteiger partial charge in [-0.25, -0.2) is 0 Å². The topological polar surface area (TPSA) is 12.0 Å². The molecule has 0 unspecified atom stereocenters. The van der Waals surface area contributed by atoms with Gasteiger partial charge in [0.2, 0.25) is 0 Å². The van der Waals surface area contributed by atoms with Gasteiger partial charge in [-0.15, -0.1) is 0 Å². The van der Waals surface area contributed by atoms with Crippen LogP contribution >= 0.6 is 0 Å². The molecule has 1 heterocycles. The summed E-state index contributed by atoms with van der Waals surface area (Å²) in [5.74, 6) is 0. The Balaban J connectivity index is 2.05. The van der Waals surface area contributed by atoms with Crippen LogP contribution in [0, 0.1) is 5.41 Å². The van der Waals surface area contributed by atoms with Gasteiger partial charge in [-0.1, -0.05) is 24.8 Å². The molecule has 0 aromatic rings. The van der Waals surface area contributed by atoms with E-state index in [2.05, 4.69) is 18.4 Å². The van der Waals surface area contributed by atoms with Crippen LogP contribution in [0.15, 0.2) is 11.8 Å². The molecule has 1 spiro atoms. The van der Waals surface area contributed by atoms with Crippen molar-refractivity contribution in [2.24, 2.45) is 5.41 Å². The van der Waals surface area contributed by atoms with E-state index in [4.69, 9.17) is 0 Å². The van der Waals surface area contributed by atoms with Crippen LogP contribution < -0.4 is 5.32 Å². The Labute approximate surface area is 75.2 Å². The predicted molar refractivity (Wildman–Crippen MR) is 51.9 cm³/mol. The number of allylic oxidation sites excluding steroid dienone is 1. The van der Waals surface area contributed by atoms with Crippen LogP contribution in [0.5, 0.6) is 0 Å². The second-order valence-electron chi connectivity index (χ2n) is 4.61. The molecule has 0 saturated heterocycles. The van der Waals surface area contributed by atoms with Crippen molar-refractivity contribution in [1.29, 1.82) is 0 Å². The number of nitrogens with one attached hydrogen (secondary N) is 1. The minimum atomic E-state index is 0.650. The molecule has 0 bridgehead atoms. The van der Waals surface area contributed by atoms with E-state index in [0.717, 1.165) is 0 Å². The van der Waals surface area contributed by atoms with Crippen molar-refractivity contribution in [1.82, 2.24) is 5.32 Å². The first kappa shape index (κ1) is 8.15. The SMILES string of the molecule is CC1=CNCC2(CCCCC2)C1. The molecule has 0 atom stereocenters. The van der Waals surface area contributed by atoms with Crippen LogP contribution in [0.3, 0.4) is 0 Å². The highest BCUT2D eigenvalue weighted by molar-refractivity contribution is 5.08. The molecule has 0 aromatic heterocycles. The van der Waals surface area contributed by atoms with Gasteiger partial charge in [0.15, 0.2) is 0 Å². The second kappa shape index (κ2) is 3.12. The van der Waals surface area contributed by atoms with Crippen LogP contribution in [0.1, 0.15) is 45.4 Å². The van der Waals surface area contributed by atoms with Crippen LogP contribution in [0.4, 0.5) is 0 Å².